The third kappa shape index (κ3) is 5.16. The number of ether oxygens (including phenoxy) is 1. The topological polar surface area (TPSA) is 96.9 Å². The predicted molar refractivity (Wildman–Crippen MR) is 118 cm³/mol. The van der Waals surface area contributed by atoms with Crippen LogP contribution in [0.2, 0.25) is 5.02 Å². The molecule has 3 rings (SSSR count). The van der Waals surface area contributed by atoms with Crippen LogP contribution in [0.15, 0.2) is 82.8 Å². The first kappa shape index (κ1) is 21.4. The zero-order valence-electron chi connectivity index (χ0n) is 15.9. The summed E-state index contributed by atoms with van der Waals surface area (Å²) in [5, 5.41) is 4.00. The first-order valence-corrected chi connectivity index (χ1v) is 10.6. The normalized spacial score (nSPS) is 11.3. The Bertz CT molecular complexity index is 1170. The maximum atomic E-state index is 12.8. The Hall–Kier alpha value is -3.36. The standard InChI is InChI=1S/C21H18ClN3O4S/c1-29-21(26)17-12-20(30(27,28)25-16-10-6-3-7-11-16)18(22)13-19(17)24-23-14-15-8-4-2-5-9-15/h2-14,24-25H,1H3. The zero-order chi connectivity index (χ0) is 21.6. The second-order valence-corrected chi connectivity index (χ2v) is 8.13. The number of sulfonamides is 1. The van der Waals surface area contributed by atoms with E-state index in [9.17, 15) is 13.2 Å². The molecule has 154 valence electrons. The number of para-hydroxylation sites is 1. The van der Waals surface area contributed by atoms with Gasteiger partial charge in [0.05, 0.1) is 29.6 Å². The summed E-state index contributed by atoms with van der Waals surface area (Å²) in [5.41, 5.74) is 4.09. The Morgan fingerprint density at radius 3 is 2.30 bits per heavy atom. The number of nitrogens with zero attached hydrogens (tertiary/aromatic N) is 1. The van der Waals surface area contributed by atoms with Crippen LogP contribution in [0.3, 0.4) is 0 Å². The summed E-state index contributed by atoms with van der Waals surface area (Å²) in [4.78, 5) is 12.0. The zero-order valence-corrected chi connectivity index (χ0v) is 17.4. The third-order valence-corrected chi connectivity index (χ3v) is 5.84. The average molecular weight is 444 g/mol. The minimum atomic E-state index is -4.04. The van der Waals surface area contributed by atoms with Gasteiger partial charge in [-0.15, -0.1) is 0 Å². The van der Waals surface area contributed by atoms with Crippen LogP contribution >= 0.6 is 11.6 Å². The SMILES string of the molecule is COC(=O)c1cc(S(=O)(=O)Nc2ccccc2)c(Cl)cc1NN=Cc1ccccc1. The van der Waals surface area contributed by atoms with Gasteiger partial charge >= 0.3 is 5.97 Å². The first-order valence-electron chi connectivity index (χ1n) is 8.74. The molecule has 0 spiro atoms. The Kier molecular flexibility index (Phi) is 6.71. The van der Waals surface area contributed by atoms with Gasteiger partial charge in [-0.2, -0.15) is 5.10 Å². The fourth-order valence-electron chi connectivity index (χ4n) is 2.56. The summed E-state index contributed by atoms with van der Waals surface area (Å²) >= 11 is 6.23. The molecule has 0 fully saturated rings. The molecule has 2 N–H and O–H groups in total. The van der Waals surface area contributed by atoms with Gasteiger partial charge in [-0.1, -0.05) is 60.1 Å². The molecule has 30 heavy (non-hydrogen) atoms. The Morgan fingerprint density at radius 2 is 1.67 bits per heavy atom. The number of methoxy groups -OCH3 is 1. The number of nitrogens with one attached hydrogen (secondary N) is 2. The molecule has 0 bridgehead atoms. The van der Waals surface area contributed by atoms with Crippen LogP contribution in [0.5, 0.6) is 0 Å². The van der Waals surface area contributed by atoms with Crippen LogP contribution in [0.1, 0.15) is 15.9 Å². The van der Waals surface area contributed by atoms with Crippen molar-refractivity contribution in [2.45, 2.75) is 4.90 Å². The molecular formula is C21H18ClN3O4S. The summed E-state index contributed by atoms with van der Waals surface area (Å²) in [6, 6.07) is 20.1. The first-order chi connectivity index (χ1) is 14.4. The third-order valence-electron chi connectivity index (χ3n) is 3.99. The van der Waals surface area contributed by atoms with Crippen molar-refractivity contribution in [1.29, 1.82) is 0 Å². The van der Waals surface area contributed by atoms with E-state index < -0.39 is 16.0 Å². The van der Waals surface area contributed by atoms with Crippen molar-refractivity contribution in [2.24, 2.45) is 5.10 Å². The van der Waals surface area contributed by atoms with E-state index in [0.717, 1.165) is 11.6 Å². The number of halogens is 1. The minimum Gasteiger partial charge on any atom is -0.465 e. The summed E-state index contributed by atoms with van der Waals surface area (Å²) < 4.78 is 32.8. The van der Waals surface area contributed by atoms with Gasteiger partial charge < -0.3 is 4.74 Å². The molecule has 9 heteroatoms. The lowest BCUT2D eigenvalue weighted by Gasteiger charge is -2.13. The van der Waals surface area contributed by atoms with Crippen LogP contribution in [0.25, 0.3) is 0 Å². The van der Waals surface area contributed by atoms with Crippen molar-refractivity contribution < 1.29 is 17.9 Å². The molecule has 0 radical (unpaired) electrons. The molecule has 3 aromatic carbocycles. The Labute approximate surface area is 179 Å². The molecule has 0 saturated heterocycles. The maximum absolute atomic E-state index is 12.8. The van der Waals surface area contributed by atoms with Gasteiger partial charge in [-0.3, -0.25) is 10.1 Å². The molecule has 0 saturated carbocycles. The van der Waals surface area contributed by atoms with Crippen LogP contribution in [-0.2, 0) is 14.8 Å². The monoisotopic (exact) mass is 443 g/mol. The fraction of sp³-hybridized carbons (Fsp3) is 0.0476. The number of esters is 1. The minimum absolute atomic E-state index is 0.0273. The number of rotatable bonds is 7. The second-order valence-electron chi connectivity index (χ2n) is 6.07. The molecule has 0 heterocycles. The molecule has 3 aromatic rings. The van der Waals surface area contributed by atoms with E-state index in [-0.39, 0.29) is 21.2 Å². The van der Waals surface area contributed by atoms with Gasteiger partial charge in [0, 0.05) is 5.69 Å². The van der Waals surface area contributed by atoms with E-state index in [1.54, 1.807) is 36.5 Å². The molecule has 0 aliphatic carbocycles. The van der Waals surface area contributed by atoms with Crippen molar-refractivity contribution in [3.8, 4) is 0 Å². The van der Waals surface area contributed by atoms with Gasteiger partial charge in [0.1, 0.15) is 4.90 Å². The lowest BCUT2D eigenvalue weighted by molar-refractivity contribution is 0.0601. The van der Waals surface area contributed by atoms with E-state index >= 15 is 0 Å². The average Bonchev–Trinajstić information content (AvgIpc) is 2.74. The van der Waals surface area contributed by atoms with E-state index in [4.69, 9.17) is 16.3 Å². The summed E-state index contributed by atoms with van der Waals surface area (Å²) in [5.74, 6) is -0.736. The van der Waals surface area contributed by atoms with Crippen molar-refractivity contribution in [3.63, 3.8) is 0 Å². The quantitative estimate of drug-likeness (QED) is 0.321. The fourth-order valence-corrected chi connectivity index (χ4v) is 4.18. The van der Waals surface area contributed by atoms with Crippen molar-refractivity contribution in [3.05, 3.63) is 88.9 Å². The largest absolute Gasteiger partial charge is 0.465 e. The number of hydrogen-bond donors (Lipinski definition) is 2. The lowest BCUT2D eigenvalue weighted by atomic mass is 10.2. The molecule has 0 aliphatic heterocycles. The van der Waals surface area contributed by atoms with Gasteiger partial charge in [0.25, 0.3) is 10.0 Å². The highest BCUT2D eigenvalue weighted by molar-refractivity contribution is 7.92. The Morgan fingerprint density at radius 1 is 1.03 bits per heavy atom. The number of anilines is 2. The smallest absolute Gasteiger partial charge is 0.340 e. The number of benzene rings is 3. The van der Waals surface area contributed by atoms with Crippen molar-refractivity contribution in [1.82, 2.24) is 0 Å². The molecule has 0 aliphatic rings. The van der Waals surface area contributed by atoms with E-state index in [0.29, 0.717) is 5.69 Å². The molecule has 0 atom stereocenters. The number of carbonyl (C=O) groups excluding carboxylic acids is 1. The highest BCUT2D eigenvalue weighted by Gasteiger charge is 2.23. The predicted octanol–water partition coefficient (Wildman–Crippen LogP) is 4.37. The van der Waals surface area contributed by atoms with Gasteiger partial charge in [0.15, 0.2) is 0 Å². The molecule has 0 unspecified atom stereocenters. The lowest BCUT2D eigenvalue weighted by Crippen LogP contribution is -2.15. The highest BCUT2D eigenvalue weighted by atomic mass is 35.5. The molecule has 7 nitrogen and oxygen atoms in total. The van der Waals surface area contributed by atoms with E-state index in [1.165, 1.54) is 13.2 Å². The van der Waals surface area contributed by atoms with Crippen LogP contribution in [0.4, 0.5) is 11.4 Å². The number of hydrazone groups is 1. The van der Waals surface area contributed by atoms with Crippen LogP contribution in [-0.4, -0.2) is 27.7 Å². The van der Waals surface area contributed by atoms with Gasteiger partial charge in [0.2, 0.25) is 0 Å². The maximum Gasteiger partial charge on any atom is 0.340 e. The van der Waals surface area contributed by atoms with Crippen molar-refractivity contribution >= 4 is 45.2 Å². The van der Waals surface area contributed by atoms with E-state index in [1.807, 2.05) is 30.3 Å². The van der Waals surface area contributed by atoms with E-state index in [2.05, 4.69) is 15.2 Å². The van der Waals surface area contributed by atoms with Crippen molar-refractivity contribution in [2.75, 3.05) is 17.3 Å². The van der Waals surface area contributed by atoms with Crippen LogP contribution < -0.4 is 10.1 Å². The highest BCUT2D eigenvalue weighted by Crippen LogP contribution is 2.30. The molecule has 0 aromatic heterocycles. The molecule has 0 amide bonds. The Balaban J connectivity index is 1.95. The van der Waals surface area contributed by atoms with Gasteiger partial charge in [-0.25, -0.2) is 13.2 Å². The number of carbonyl (C=O) groups is 1. The number of hydrogen-bond acceptors (Lipinski definition) is 6. The summed E-state index contributed by atoms with van der Waals surface area (Å²) in [6.45, 7) is 0. The second kappa shape index (κ2) is 9.43. The summed E-state index contributed by atoms with van der Waals surface area (Å²) in [6.07, 6.45) is 1.55. The summed E-state index contributed by atoms with van der Waals surface area (Å²) in [7, 11) is -2.85. The van der Waals surface area contributed by atoms with Gasteiger partial charge in [-0.05, 0) is 29.8 Å². The molecular weight excluding hydrogens is 426 g/mol. The van der Waals surface area contributed by atoms with Crippen LogP contribution in [0, 0.1) is 0 Å².